The smallest absolute Gasteiger partial charge is 0.230 e. The van der Waals surface area contributed by atoms with Gasteiger partial charge in [-0.1, -0.05) is 12.8 Å². The molecule has 2 aliphatic rings. The summed E-state index contributed by atoms with van der Waals surface area (Å²) in [5, 5.41) is 7.22. The number of amides is 1. The standard InChI is InChI=1S/C14H26N2OS/c1-11(12-4-2-3-5-12)16-14(17)10-18-13-6-8-15-9-7-13/h11-13,15H,2-10H2,1H3,(H,16,17). The molecule has 1 aliphatic heterocycles. The Bertz CT molecular complexity index is 261. The van der Waals surface area contributed by atoms with E-state index in [-0.39, 0.29) is 5.91 Å². The molecule has 1 heterocycles. The molecule has 0 aromatic rings. The van der Waals surface area contributed by atoms with E-state index in [0.29, 0.717) is 17.0 Å². The van der Waals surface area contributed by atoms with Crippen LogP contribution in [-0.4, -0.2) is 36.0 Å². The van der Waals surface area contributed by atoms with Gasteiger partial charge in [0.25, 0.3) is 0 Å². The first-order valence-electron chi connectivity index (χ1n) is 7.37. The van der Waals surface area contributed by atoms with E-state index < -0.39 is 0 Å². The summed E-state index contributed by atoms with van der Waals surface area (Å²) in [5.41, 5.74) is 0. The molecular weight excluding hydrogens is 244 g/mol. The van der Waals surface area contributed by atoms with Crippen molar-refractivity contribution in [2.24, 2.45) is 5.92 Å². The summed E-state index contributed by atoms with van der Waals surface area (Å²) in [6.07, 6.45) is 7.68. The van der Waals surface area contributed by atoms with E-state index in [1.807, 2.05) is 11.8 Å². The third kappa shape index (κ3) is 4.47. The van der Waals surface area contributed by atoms with Crippen molar-refractivity contribution in [1.29, 1.82) is 0 Å². The van der Waals surface area contributed by atoms with Gasteiger partial charge >= 0.3 is 0 Å². The molecule has 1 atom stereocenters. The summed E-state index contributed by atoms with van der Waals surface area (Å²) >= 11 is 1.84. The van der Waals surface area contributed by atoms with Crippen LogP contribution in [0.1, 0.15) is 45.4 Å². The average Bonchev–Trinajstić information content (AvgIpc) is 2.91. The number of thioether (sulfide) groups is 1. The summed E-state index contributed by atoms with van der Waals surface area (Å²) in [6, 6.07) is 0.369. The molecule has 2 fully saturated rings. The topological polar surface area (TPSA) is 41.1 Å². The minimum Gasteiger partial charge on any atom is -0.353 e. The molecule has 104 valence electrons. The summed E-state index contributed by atoms with van der Waals surface area (Å²) < 4.78 is 0. The molecule has 0 bridgehead atoms. The lowest BCUT2D eigenvalue weighted by molar-refractivity contribution is -0.119. The Morgan fingerprint density at radius 2 is 1.94 bits per heavy atom. The van der Waals surface area contributed by atoms with Gasteiger partial charge in [0.05, 0.1) is 5.75 Å². The Kier molecular flexibility index (Phi) is 5.83. The second-order valence-corrected chi connectivity index (χ2v) is 6.95. The van der Waals surface area contributed by atoms with Gasteiger partial charge in [0.15, 0.2) is 0 Å². The Morgan fingerprint density at radius 1 is 1.28 bits per heavy atom. The molecule has 1 aliphatic carbocycles. The van der Waals surface area contributed by atoms with Crippen LogP contribution >= 0.6 is 11.8 Å². The minimum absolute atomic E-state index is 0.234. The molecule has 1 saturated carbocycles. The predicted molar refractivity (Wildman–Crippen MR) is 77.9 cm³/mol. The largest absolute Gasteiger partial charge is 0.353 e. The van der Waals surface area contributed by atoms with E-state index in [2.05, 4.69) is 17.6 Å². The van der Waals surface area contributed by atoms with Crippen molar-refractivity contribution in [3.05, 3.63) is 0 Å². The van der Waals surface area contributed by atoms with Gasteiger partial charge in [-0.05, 0) is 51.6 Å². The van der Waals surface area contributed by atoms with Gasteiger partial charge in [0, 0.05) is 11.3 Å². The Labute approximate surface area is 115 Å². The number of piperidine rings is 1. The molecule has 4 heteroatoms. The highest BCUT2D eigenvalue weighted by Gasteiger charge is 2.23. The fourth-order valence-electron chi connectivity index (χ4n) is 3.03. The van der Waals surface area contributed by atoms with Crippen LogP contribution in [0.2, 0.25) is 0 Å². The monoisotopic (exact) mass is 270 g/mol. The minimum atomic E-state index is 0.234. The van der Waals surface area contributed by atoms with E-state index in [4.69, 9.17) is 0 Å². The van der Waals surface area contributed by atoms with Crippen LogP contribution in [0.4, 0.5) is 0 Å². The molecule has 1 unspecified atom stereocenters. The van der Waals surface area contributed by atoms with Crippen molar-refractivity contribution < 1.29 is 4.79 Å². The Hall–Kier alpha value is -0.220. The van der Waals surface area contributed by atoms with Gasteiger partial charge in [-0.3, -0.25) is 4.79 Å². The molecule has 3 nitrogen and oxygen atoms in total. The lowest BCUT2D eigenvalue weighted by atomic mass is 10.00. The van der Waals surface area contributed by atoms with Crippen molar-refractivity contribution in [3.63, 3.8) is 0 Å². The normalized spacial score (nSPS) is 24.1. The third-order valence-corrected chi connectivity index (χ3v) is 5.60. The van der Waals surface area contributed by atoms with Gasteiger partial charge in [0.2, 0.25) is 5.91 Å². The van der Waals surface area contributed by atoms with E-state index >= 15 is 0 Å². The summed E-state index contributed by atoms with van der Waals surface area (Å²) in [7, 11) is 0. The fourth-order valence-corrected chi connectivity index (χ4v) is 4.07. The molecule has 0 spiro atoms. The van der Waals surface area contributed by atoms with Crippen molar-refractivity contribution >= 4 is 17.7 Å². The number of nitrogens with one attached hydrogen (secondary N) is 2. The molecule has 2 rings (SSSR count). The molecular formula is C14H26N2OS. The highest BCUT2D eigenvalue weighted by Crippen LogP contribution is 2.27. The van der Waals surface area contributed by atoms with Gasteiger partial charge in [0.1, 0.15) is 0 Å². The van der Waals surface area contributed by atoms with Crippen molar-refractivity contribution in [2.75, 3.05) is 18.8 Å². The lowest BCUT2D eigenvalue weighted by Crippen LogP contribution is -2.39. The zero-order valence-electron chi connectivity index (χ0n) is 11.4. The Morgan fingerprint density at radius 3 is 2.61 bits per heavy atom. The lowest BCUT2D eigenvalue weighted by Gasteiger charge is -2.23. The van der Waals surface area contributed by atoms with Gasteiger partial charge in [-0.15, -0.1) is 11.8 Å². The second kappa shape index (κ2) is 7.39. The van der Waals surface area contributed by atoms with Gasteiger partial charge in [-0.25, -0.2) is 0 Å². The first-order chi connectivity index (χ1) is 8.75. The molecule has 0 aromatic carbocycles. The van der Waals surface area contributed by atoms with Crippen LogP contribution < -0.4 is 10.6 Å². The highest BCUT2D eigenvalue weighted by atomic mass is 32.2. The maximum Gasteiger partial charge on any atom is 0.230 e. The average molecular weight is 270 g/mol. The summed E-state index contributed by atoms with van der Waals surface area (Å²) in [4.78, 5) is 11.9. The first-order valence-corrected chi connectivity index (χ1v) is 8.42. The molecule has 2 N–H and O–H groups in total. The molecule has 0 radical (unpaired) electrons. The van der Waals surface area contributed by atoms with Gasteiger partial charge in [-0.2, -0.15) is 0 Å². The number of hydrogen-bond donors (Lipinski definition) is 2. The second-order valence-electron chi connectivity index (χ2n) is 5.66. The van der Waals surface area contributed by atoms with Crippen molar-refractivity contribution in [1.82, 2.24) is 10.6 Å². The Balaban J connectivity index is 1.61. The molecule has 0 aromatic heterocycles. The van der Waals surface area contributed by atoms with Crippen molar-refractivity contribution in [3.8, 4) is 0 Å². The summed E-state index contributed by atoms with van der Waals surface area (Å²) in [5.74, 6) is 1.60. The zero-order valence-corrected chi connectivity index (χ0v) is 12.2. The van der Waals surface area contributed by atoms with Crippen molar-refractivity contribution in [2.45, 2.75) is 56.7 Å². The van der Waals surface area contributed by atoms with E-state index in [9.17, 15) is 4.79 Å². The van der Waals surface area contributed by atoms with E-state index in [1.165, 1.54) is 38.5 Å². The number of hydrogen-bond acceptors (Lipinski definition) is 3. The zero-order chi connectivity index (χ0) is 12.8. The SMILES string of the molecule is CC(NC(=O)CSC1CCNCC1)C1CCCC1. The van der Waals surface area contributed by atoms with E-state index in [1.54, 1.807) is 0 Å². The number of carbonyl (C=O) groups excluding carboxylic acids is 1. The van der Waals surface area contributed by atoms with Crippen LogP contribution in [0.25, 0.3) is 0 Å². The maximum atomic E-state index is 11.9. The molecule has 1 saturated heterocycles. The first kappa shape index (κ1) is 14.2. The van der Waals surface area contributed by atoms with Gasteiger partial charge < -0.3 is 10.6 Å². The summed E-state index contributed by atoms with van der Waals surface area (Å²) in [6.45, 7) is 4.39. The number of rotatable bonds is 5. The highest BCUT2D eigenvalue weighted by molar-refractivity contribution is 8.00. The van der Waals surface area contributed by atoms with Crippen LogP contribution in [0.15, 0.2) is 0 Å². The number of carbonyl (C=O) groups is 1. The van der Waals surface area contributed by atoms with Crippen LogP contribution in [0.3, 0.4) is 0 Å². The van der Waals surface area contributed by atoms with Crippen LogP contribution in [-0.2, 0) is 4.79 Å². The fraction of sp³-hybridized carbons (Fsp3) is 0.929. The van der Waals surface area contributed by atoms with Crippen LogP contribution in [0.5, 0.6) is 0 Å². The molecule has 1 amide bonds. The predicted octanol–water partition coefficient (Wildman–Crippen LogP) is 2.17. The van der Waals surface area contributed by atoms with Crippen LogP contribution in [0, 0.1) is 5.92 Å². The quantitative estimate of drug-likeness (QED) is 0.804. The maximum absolute atomic E-state index is 11.9. The van der Waals surface area contributed by atoms with E-state index in [0.717, 1.165) is 19.0 Å². The molecule has 18 heavy (non-hydrogen) atoms. The third-order valence-electron chi connectivity index (χ3n) is 4.23.